The van der Waals surface area contributed by atoms with E-state index in [0.717, 1.165) is 19.4 Å². The molecule has 32 heavy (non-hydrogen) atoms. The molecule has 2 amide bonds. The van der Waals surface area contributed by atoms with Gasteiger partial charge in [0, 0.05) is 36.2 Å². The minimum atomic E-state index is -0.393. The Morgan fingerprint density at radius 3 is 2.62 bits per heavy atom. The normalized spacial score (nSPS) is 15.4. The Bertz CT molecular complexity index is 1130. The van der Waals surface area contributed by atoms with Crippen LogP contribution in [0.2, 0.25) is 10.0 Å². The highest BCUT2D eigenvalue weighted by Gasteiger charge is 2.18. The highest BCUT2D eigenvalue weighted by atomic mass is 35.5. The van der Waals surface area contributed by atoms with Crippen molar-refractivity contribution >= 4 is 40.7 Å². The van der Waals surface area contributed by atoms with Crippen LogP contribution in [0.1, 0.15) is 33.6 Å². The maximum Gasteiger partial charge on any atom is 0.257 e. The fourth-order valence-corrected chi connectivity index (χ4v) is 3.95. The lowest BCUT2D eigenvalue weighted by Gasteiger charge is -2.12. The molecule has 1 saturated heterocycles. The summed E-state index contributed by atoms with van der Waals surface area (Å²) >= 11 is 12.6. The topological polar surface area (TPSA) is 80.3 Å². The fraction of sp³-hybridized carbons (Fsp3) is 0.208. The molecule has 0 aliphatic carbocycles. The SMILES string of the molecule is O=C(NC[C@@H]1CCCO1)c1ccc(C(=O)Nc2ccc(Cl)c(-c3ccccn3)c2)c(Cl)c1. The predicted octanol–water partition coefficient (Wildman–Crippen LogP) is 5.22. The molecule has 1 aliphatic rings. The van der Waals surface area contributed by atoms with E-state index in [4.69, 9.17) is 27.9 Å². The zero-order valence-corrected chi connectivity index (χ0v) is 18.6. The van der Waals surface area contributed by atoms with Gasteiger partial charge in [-0.25, -0.2) is 0 Å². The van der Waals surface area contributed by atoms with Gasteiger partial charge in [0.2, 0.25) is 0 Å². The standard InChI is InChI=1S/C24H21Cl2N3O3/c25-20-9-7-16(13-19(20)22-5-1-2-10-27-22)29-24(31)18-8-6-15(12-21(18)26)23(30)28-14-17-4-3-11-32-17/h1-2,5-10,12-13,17H,3-4,11,14H2,(H,28,30)(H,29,31)/t17-/m0/s1. The minimum absolute atomic E-state index is 0.0508. The first kappa shape index (κ1) is 22.3. The summed E-state index contributed by atoms with van der Waals surface area (Å²) in [6.07, 6.45) is 3.67. The number of halogens is 2. The second-order valence-corrected chi connectivity index (χ2v) is 8.22. The number of nitrogens with one attached hydrogen (secondary N) is 2. The Hall–Kier alpha value is -2.93. The van der Waals surface area contributed by atoms with Gasteiger partial charge in [0.25, 0.3) is 11.8 Å². The molecule has 0 saturated carbocycles. The molecular weight excluding hydrogens is 449 g/mol. The number of hydrogen-bond donors (Lipinski definition) is 2. The van der Waals surface area contributed by atoms with Gasteiger partial charge in [0.05, 0.1) is 27.4 Å². The number of ether oxygens (including phenoxy) is 1. The predicted molar refractivity (Wildman–Crippen MR) is 125 cm³/mol. The van der Waals surface area contributed by atoms with E-state index in [2.05, 4.69) is 15.6 Å². The van der Waals surface area contributed by atoms with Gasteiger partial charge in [-0.1, -0.05) is 29.3 Å². The van der Waals surface area contributed by atoms with Crippen LogP contribution in [0.5, 0.6) is 0 Å². The third-order valence-corrected chi connectivity index (χ3v) is 5.80. The Balaban J connectivity index is 1.45. The number of anilines is 1. The third kappa shape index (κ3) is 5.27. The molecule has 2 N–H and O–H groups in total. The van der Waals surface area contributed by atoms with E-state index >= 15 is 0 Å². The van der Waals surface area contributed by atoms with Gasteiger partial charge in [-0.3, -0.25) is 14.6 Å². The second-order valence-electron chi connectivity index (χ2n) is 7.40. The van der Waals surface area contributed by atoms with Crippen molar-refractivity contribution in [3.05, 3.63) is 82.0 Å². The molecule has 0 radical (unpaired) electrons. The minimum Gasteiger partial charge on any atom is -0.376 e. The van der Waals surface area contributed by atoms with Crippen LogP contribution in [0, 0.1) is 0 Å². The third-order valence-electron chi connectivity index (χ3n) is 5.16. The largest absolute Gasteiger partial charge is 0.376 e. The van der Waals surface area contributed by atoms with Crippen LogP contribution in [0.15, 0.2) is 60.8 Å². The number of aromatic nitrogens is 1. The summed E-state index contributed by atoms with van der Waals surface area (Å²) in [5.74, 6) is -0.650. The maximum atomic E-state index is 12.8. The summed E-state index contributed by atoms with van der Waals surface area (Å²) in [7, 11) is 0. The average molecular weight is 470 g/mol. The van der Waals surface area contributed by atoms with Crippen LogP contribution < -0.4 is 10.6 Å². The van der Waals surface area contributed by atoms with Crippen LogP contribution in [0.3, 0.4) is 0 Å². The van der Waals surface area contributed by atoms with Gasteiger partial charge in [0.1, 0.15) is 0 Å². The summed E-state index contributed by atoms with van der Waals surface area (Å²) in [5, 5.41) is 6.37. The monoisotopic (exact) mass is 469 g/mol. The first-order valence-electron chi connectivity index (χ1n) is 10.2. The van der Waals surface area contributed by atoms with Crippen molar-refractivity contribution in [2.24, 2.45) is 0 Å². The summed E-state index contributed by atoms with van der Waals surface area (Å²) < 4.78 is 5.51. The van der Waals surface area contributed by atoms with Gasteiger partial charge < -0.3 is 15.4 Å². The first-order chi connectivity index (χ1) is 15.5. The molecule has 8 heteroatoms. The molecule has 1 fully saturated rings. The van der Waals surface area contributed by atoms with Crippen molar-refractivity contribution < 1.29 is 14.3 Å². The lowest BCUT2D eigenvalue weighted by atomic mass is 10.1. The highest BCUT2D eigenvalue weighted by Crippen LogP contribution is 2.29. The van der Waals surface area contributed by atoms with Crippen LogP contribution in [0.25, 0.3) is 11.3 Å². The van der Waals surface area contributed by atoms with Gasteiger partial charge >= 0.3 is 0 Å². The van der Waals surface area contributed by atoms with Gasteiger partial charge in [-0.05, 0) is 61.4 Å². The van der Waals surface area contributed by atoms with E-state index in [1.807, 2.05) is 18.2 Å². The zero-order chi connectivity index (χ0) is 22.5. The summed E-state index contributed by atoms with van der Waals surface area (Å²) in [5.41, 5.74) is 2.60. The van der Waals surface area contributed by atoms with E-state index in [-0.39, 0.29) is 22.6 Å². The lowest BCUT2D eigenvalue weighted by molar-refractivity contribution is 0.0857. The molecular formula is C24H21Cl2N3O3. The van der Waals surface area contributed by atoms with Crippen molar-refractivity contribution in [1.82, 2.24) is 10.3 Å². The Labute approximate surface area is 195 Å². The molecule has 2 aromatic carbocycles. The Kier molecular flexibility index (Phi) is 7.05. The zero-order valence-electron chi connectivity index (χ0n) is 17.1. The van der Waals surface area contributed by atoms with Crippen LogP contribution in [-0.2, 0) is 4.74 Å². The number of hydrogen-bond acceptors (Lipinski definition) is 4. The van der Waals surface area contributed by atoms with Gasteiger partial charge in [0.15, 0.2) is 0 Å². The van der Waals surface area contributed by atoms with Crippen molar-refractivity contribution in [3.63, 3.8) is 0 Å². The second kappa shape index (κ2) is 10.1. The van der Waals surface area contributed by atoms with Crippen molar-refractivity contribution in [2.75, 3.05) is 18.5 Å². The smallest absolute Gasteiger partial charge is 0.257 e. The van der Waals surface area contributed by atoms with Crippen molar-refractivity contribution in [1.29, 1.82) is 0 Å². The number of nitrogens with zero attached hydrogens (tertiary/aromatic N) is 1. The number of amides is 2. The molecule has 0 bridgehead atoms. The average Bonchev–Trinajstić information content (AvgIpc) is 3.33. The van der Waals surface area contributed by atoms with E-state index < -0.39 is 5.91 Å². The van der Waals surface area contributed by atoms with Gasteiger partial charge in [-0.15, -0.1) is 0 Å². The van der Waals surface area contributed by atoms with Gasteiger partial charge in [-0.2, -0.15) is 0 Å². The molecule has 0 unspecified atom stereocenters. The molecule has 4 rings (SSSR count). The number of carbonyl (C=O) groups is 2. The molecule has 1 aliphatic heterocycles. The molecule has 3 aromatic rings. The number of pyridine rings is 1. The van der Waals surface area contributed by atoms with Crippen LogP contribution >= 0.6 is 23.2 Å². The van der Waals surface area contributed by atoms with E-state index in [1.54, 1.807) is 30.5 Å². The van der Waals surface area contributed by atoms with Crippen LogP contribution in [-0.4, -0.2) is 36.1 Å². The Morgan fingerprint density at radius 2 is 1.91 bits per heavy atom. The van der Waals surface area contributed by atoms with E-state index in [9.17, 15) is 9.59 Å². The molecule has 164 valence electrons. The summed E-state index contributed by atoms with van der Waals surface area (Å²) in [6, 6.07) is 15.3. The highest BCUT2D eigenvalue weighted by molar-refractivity contribution is 6.35. The van der Waals surface area contributed by atoms with E-state index in [1.165, 1.54) is 12.1 Å². The molecule has 1 aromatic heterocycles. The molecule has 2 heterocycles. The van der Waals surface area contributed by atoms with E-state index in [0.29, 0.717) is 34.1 Å². The quantitative estimate of drug-likeness (QED) is 0.518. The molecule has 6 nitrogen and oxygen atoms in total. The summed E-state index contributed by atoms with van der Waals surface area (Å²) in [4.78, 5) is 29.5. The van der Waals surface area contributed by atoms with Crippen LogP contribution in [0.4, 0.5) is 5.69 Å². The molecule has 0 spiro atoms. The first-order valence-corrected chi connectivity index (χ1v) is 11.0. The Morgan fingerprint density at radius 1 is 1.03 bits per heavy atom. The van der Waals surface area contributed by atoms with Crippen molar-refractivity contribution in [3.8, 4) is 11.3 Å². The fourth-order valence-electron chi connectivity index (χ4n) is 3.47. The number of rotatable bonds is 6. The van der Waals surface area contributed by atoms with Crippen molar-refractivity contribution in [2.45, 2.75) is 18.9 Å². The maximum absolute atomic E-state index is 12.8. The number of benzene rings is 2. The number of carbonyl (C=O) groups excluding carboxylic acids is 2. The summed E-state index contributed by atoms with van der Waals surface area (Å²) in [6.45, 7) is 1.18. The molecule has 1 atom stereocenters. The lowest BCUT2D eigenvalue weighted by Crippen LogP contribution is -2.31.